The molecule has 4 rings (SSSR count). The predicted molar refractivity (Wildman–Crippen MR) is 124 cm³/mol. The number of hydrogen-bond acceptors (Lipinski definition) is 6. The molecule has 158 valence electrons. The summed E-state index contributed by atoms with van der Waals surface area (Å²) >= 11 is 2.77. The van der Waals surface area contributed by atoms with E-state index in [0.29, 0.717) is 21.7 Å². The van der Waals surface area contributed by atoms with E-state index >= 15 is 0 Å². The second kappa shape index (κ2) is 9.45. The quantitative estimate of drug-likeness (QED) is 0.517. The minimum Gasteiger partial charge on any atom is -0.477 e. The zero-order valence-corrected chi connectivity index (χ0v) is 18.5. The lowest BCUT2D eigenvalue weighted by Crippen LogP contribution is -2.26. The van der Waals surface area contributed by atoms with Crippen LogP contribution >= 0.6 is 23.5 Å². The van der Waals surface area contributed by atoms with Gasteiger partial charge < -0.3 is 14.7 Å². The fraction of sp³-hybridized carbons (Fsp3) is 0.174. The van der Waals surface area contributed by atoms with Crippen molar-refractivity contribution in [3.05, 3.63) is 83.1 Å². The Balaban J connectivity index is 1.62. The zero-order chi connectivity index (χ0) is 21.8. The van der Waals surface area contributed by atoms with Gasteiger partial charge in [0.2, 0.25) is 12.4 Å². The van der Waals surface area contributed by atoms with Gasteiger partial charge in [-0.3, -0.25) is 0 Å². The Morgan fingerprint density at radius 1 is 1.16 bits per heavy atom. The first-order valence-electron chi connectivity index (χ1n) is 9.78. The number of allylic oxidation sites excluding steroid dienone is 2. The number of amides is 1. The maximum atomic E-state index is 12.8. The van der Waals surface area contributed by atoms with E-state index in [4.69, 9.17) is 9.84 Å². The summed E-state index contributed by atoms with van der Waals surface area (Å²) in [5.41, 5.74) is 2.10. The number of carbonyl (C=O) groups excluding carboxylic acids is 1. The van der Waals surface area contributed by atoms with Crippen LogP contribution in [0.4, 0.5) is 5.69 Å². The predicted octanol–water partition coefficient (Wildman–Crippen LogP) is 4.29. The smallest absolute Gasteiger partial charge is 0.428 e. The summed E-state index contributed by atoms with van der Waals surface area (Å²) in [6.07, 6.45) is 3.49. The van der Waals surface area contributed by atoms with Crippen LogP contribution in [0.3, 0.4) is 0 Å². The Labute approximate surface area is 188 Å². The average molecular weight is 454 g/mol. The van der Waals surface area contributed by atoms with Crippen LogP contribution in [0, 0.1) is 0 Å². The molecule has 1 amide bonds. The molecular weight excluding hydrogens is 432 g/mol. The third-order valence-electron chi connectivity index (χ3n) is 4.63. The van der Waals surface area contributed by atoms with Crippen molar-refractivity contribution in [2.24, 2.45) is 0 Å². The number of aliphatic carboxylic acids is 1. The maximum absolute atomic E-state index is 12.8. The summed E-state index contributed by atoms with van der Waals surface area (Å²) in [5.74, 6) is 0.794. The number of hydrogen-bond donors (Lipinski definition) is 1. The van der Waals surface area contributed by atoms with Gasteiger partial charge in [0.25, 0.3) is 4.38 Å². The van der Waals surface area contributed by atoms with Gasteiger partial charge in [0.1, 0.15) is 4.91 Å². The van der Waals surface area contributed by atoms with Crippen LogP contribution < -0.4 is 9.64 Å². The Kier molecular flexibility index (Phi) is 6.48. The first-order chi connectivity index (χ1) is 15.1. The van der Waals surface area contributed by atoms with Gasteiger partial charge in [-0.2, -0.15) is 0 Å². The summed E-state index contributed by atoms with van der Waals surface area (Å²) in [4.78, 5) is 26.5. The molecule has 2 aliphatic rings. The van der Waals surface area contributed by atoms with E-state index < -0.39 is 5.97 Å². The number of para-hydroxylation sites is 2. The summed E-state index contributed by atoms with van der Waals surface area (Å²) in [5, 5.41) is 9.16. The molecule has 2 aliphatic heterocycles. The lowest BCUT2D eigenvalue weighted by Gasteiger charge is -2.18. The molecule has 0 spiro atoms. The molecule has 1 N–H and O–H groups in total. The van der Waals surface area contributed by atoms with E-state index in [9.17, 15) is 9.59 Å². The number of carboxylic acids is 1. The third kappa shape index (κ3) is 4.70. The molecule has 2 heterocycles. The minimum atomic E-state index is -1.04. The Morgan fingerprint density at radius 3 is 2.65 bits per heavy atom. The molecule has 0 bridgehead atoms. The van der Waals surface area contributed by atoms with Gasteiger partial charge in [0.15, 0.2) is 5.75 Å². The molecule has 0 saturated heterocycles. The molecular formula is C23H21N2O4S2+. The largest absolute Gasteiger partial charge is 0.477 e. The summed E-state index contributed by atoms with van der Waals surface area (Å²) in [6.45, 7) is 2.25. The van der Waals surface area contributed by atoms with Crippen molar-refractivity contribution < 1.29 is 24.0 Å². The molecule has 0 atom stereocenters. The number of carboxylic acid groups (broad SMARTS) is 1. The van der Waals surface area contributed by atoms with Crippen molar-refractivity contribution in [1.82, 2.24) is 0 Å². The molecule has 0 saturated carbocycles. The van der Waals surface area contributed by atoms with E-state index in [-0.39, 0.29) is 12.5 Å². The van der Waals surface area contributed by atoms with Gasteiger partial charge in [-0.15, -0.1) is 4.58 Å². The number of anilines is 1. The topological polar surface area (TPSA) is 69.8 Å². The van der Waals surface area contributed by atoms with Crippen molar-refractivity contribution in [2.75, 3.05) is 17.2 Å². The maximum Gasteiger partial charge on any atom is 0.428 e. The highest BCUT2D eigenvalue weighted by Crippen LogP contribution is 2.40. The highest BCUT2D eigenvalue weighted by molar-refractivity contribution is 8.40. The van der Waals surface area contributed by atoms with E-state index in [0.717, 1.165) is 22.8 Å². The van der Waals surface area contributed by atoms with E-state index in [2.05, 4.69) is 17.0 Å². The van der Waals surface area contributed by atoms with Gasteiger partial charge >= 0.3 is 11.9 Å². The molecule has 0 radical (unpaired) electrons. The van der Waals surface area contributed by atoms with Gasteiger partial charge in [-0.25, -0.2) is 9.59 Å². The fourth-order valence-electron chi connectivity index (χ4n) is 3.27. The van der Waals surface area contributed by atoms with Gasteiger partial charge in [-0.05, 0) is 47.3 Å². The van der Waals surface area contributed by atoms with E-state index in [1.807, 2.05) is 49.4 Å². The molecule has 0 aliphatic carbocycles. The van der Waals surface area contributed by atoms with Crippen LogP contribution in [0.2, 0.25) is 0 Å². The van der Waals surface area contributed by atoms with Crippen molar-refractivity contribution >= 4 is 45.5 Å². The minimum absolute atomic E-state index is 0.301. The molecule has 8 heteroatoms. The fourth-order valence-corrected chi connectivity index (χ4v) is 5.46. The highest BCUT2D eigenvalue weighted by atomic mass is 32.2. The highest BCUT2D eigenvalue weighted by Gasteiger charge is 2.39. The van der Waals surface area contributed by atoms with Crippen molar-refractivity contribution in [3.8, 4) is 5.75 Å². The normalized spacial score (nSPS) is 18.1. The molecule has 0 aromatic heterocycles. The lowest BCUT2D eigenvalue weighted by molar-refractivity contribution is -0.429. The van der Waals surface area contributed by atoms with Crippen LogP contribution in [0.1, 0.15) is 12.5 Å². The number of carbonyl (C=O) groups is 2. The monoisotopic (exact) mass is 453 g/mol. The third-order valence-corrected chi connectivity index (χ3v) is 6.92. The number of rotatable bonds is 6. The number of benzene rings is 2. The first kappa shape index (κ1) is 21.3. The van der Waals surface area contributed by atoms with Crippen LogP contribution in [-0.2, 0) is 16.1 Å². The summed E-state index contributed by atoms with van der Waals surface area (Å²) in [7, 11) is 0. The zero-order valence-electron chi connectivity index (χ0n) is 16.9. The van der Waals surface area contributed by atoms with Crippen LogP contribution in [0.5, 0.6) is 5.75 Å². The molecule has 2 aromatic carbocycles. The van der Waals surface area contributed by atoms with Crippen molar-refractivity contribution in [3.63, 3.8) is 0 Å². The van der Waals surface area contributed by atoms with Crippen LogP contribution in [0.15, 0.2) is 77.5 Å². The Morgan fingerprint density at radius 2 is 1.90 bits per heavy atom. The molecule has 2 aromatic rings. The molecule has 6 nitrogen and oxygen atoms in total. The summed E-state index contributed by atoms with van der Waals surface area (Å²) < 4.78 is 8.06. The Bertz CT molecular complexity index is 1110. The number of fused-ring (bicyclic) bond motifs is 1. The summed E-state index contributed by atoms with van der Waals surface area (Å²) in [6, 6.07) is 17.9. The SMILES string of the molecule is CCSC1=[N+](CC(=O)O)C(=O)/C(=C/C=C2\Oc3ccccc3N2Cc2ccccc2)S1. The number of thioether (sulfide) groups is 2. The van der Waals surface area contributed by atoms with Crippen LogP contribution in [0.25, 0.3) is 0 Å². The van der Waals surface area contributed by atoms with Gasteiger partial charge in [0.05, 0.1) is 12.2 Å². The van der Waals surface area contributed by atoms with Gasteiger partial charge in [-0.1, -0.05) is 49.4 Å². The lowest BCUT2D eigenvalue weighted by atomic mass is 10.2. The number of ether oxygens (including phenoxy) is 1. The van der Waals surface area contributed by atoms with E-state index in [1.165, 1.54) is 28.1 Å². The van der Waals surface area contributed by atoms with E-state index in [1.54, 1.807) is 12.2 Å². The molecule has 0 fully saturated rings. The van der Waals surface area contributed by atoms with Crippen molar-refractivity contribution in [2.45, 2.75) is 13.5 Å². The molecule has 0 unspecified atom stereocenters. The average Bonchev–Trinajstić information content (AvgIpc) is 3.25. The second-order valence-corrected chi connectivity index (χ2v) is 9.31. The van der Waals surface area contributed by atoms with Gasteiger partial charge in [0, 0.05) is 11.8 Å². The first-order valence-corrected chi connectivity index (χ1v) is 11.6. The Hall–Kier alpha value is -2.97. The standard InChI is InChI=1S/C23H20N2O4S2/c1-2-30-23-25(15-21(26)27)22(28)19(31-23)12-13-20-24(14-16-8-4-3-5-9-16)17-10-6-7-11-18(17)29-20/h3-13H,2,14-15H2,1H3/p+1/b19-12-,20-13-. The second-order valence-electron chi connectivity index (χ2n) is 6.76. The molecule has 31 heavy (non-hydrogen) atoms. The van der Waals surface area contributed by atoms with Crippen LogP contribution in [-0.4, -0.2) is 38.2 Å². The van der Waals surface area contributed by atoms with Crippen molar-refractivity contribution in [1.29, 1.82) is 0 Å². The number of nitrogens with zero attached hydrogens (tertiary/aromatic N) is 2.